The van der Waals surface area contributed by atoms with Crippen LogP contribution in [0.2, 0.25) is 0 Å². The molecular formula is C12H12N2O2. The lowest BCUT2D eigenvalue weighted by molar-refractivity contribution is -0.137. The molecule has 0 saturated carbocycles. The molecule has 0 atom stereocenters. The van der Waals surface area contributed by atoms with Gasteiger partial charge < -0.3 is 10.1 Å². The van der Waals surface area contributed by atoms with Crippen LogP contribution in [0.3, 0.4) is 0 Å². The number of esters is 1. The summed E-state index contributed by atoms with van der Waals surface area (Å²) >= 11 is 0. The minimum absolute atomic E-state index is 0.353. The maximum Gasteiger partial charge on any atom is 0.332 e. The standard InChI is InChI=1S/C12H12N2O2/c1-2-16-11(15)8-10-6-5-9-4-3-7-13-12(9)14-10/h3-8H,2H2,1H3,(H,13,14). The van der Waals surface area contributed by atoms with Crippen LogP contribution in [-0.2, 0) is 9.53 Å². The zero-order valence-electron chi connectivity index (χ0n) is 8.93. The molecule has 16 heavy (non-hydrogen) atoms. The number of pyridine rings is 1. The SMILES string of the molecule is CCOC(=O)C=C1C=Cc2cccnc2N1. The van der Waals surface area contributed by atoms with Crippen LogP contribution in [0.1, 0.15) is 12.5 Å². The highest BCUT2D eigenvalue weighted by Gasteiger charge is 2.08. The molecule has 1 aromatic rings. The monoisotopic (exact) mass is 216 g/mol. The highest BCUT2D eigenvalue weighted by atomic mass is 16.5. The van der Waals surface area contributed by atoms with Crippen LogP contribution in [0.15, 0.2) is 36.2 Å². The molecule has 0 aliphatic carbocycles. The van der Waals surface area contributed by atoms with Gasteiger partial charge in [-0.1, -0.05) is 0 Å². The topological polar surface area (TPSA) is 51.2 Å². The molecule has 0 spiro atoms. The molecule has 2 heterocycles. The van der Waals surface area contributed by atoms with Gasteiger partial charge in [0.2, 0.25) is 0 Å². The van der Waals surface area contributed by atoms with E-state index in [1.54, 1.807) is 13.1 Å². The van der Waals surface area contributed by atoms with Gasteiger partial charge in [0.05, 0.1) is 6.61 Å². The third-order valence-electron chi connectivity index (χ3n) is 2.10. The van der Waals surface area contributed by atoms with Crippen molar-refractivity contribution >= 4 is 17.9 Å². The van der Waals surface area contributed by atoms with Gasteiger partial charge in [0.15, 0.2) is 0 Å². The Morgan fingerprint density at radius 2 is 2.44 bits per heavy atom. The van der Waals surface area contributed by atoms with E-state index in [4.69, 9.17) is 4.74 Å². The number of hydrogen-bond donors (Lipinski definition) is 1. The fraction of sp³-hybridized carbons (Fsp3) is 0.167. The fourth-order valence-corrected chi connectivity index (χ4v) is 1.41. The third-order valence-corrected chi connectivity index (χ3v) is 2.10. The highest BCUT2D eigenvalue weighted by molar-refractivity contribution is 5.86. The van der Waals surface area contributed by atoms with E-state index in [1.165, 1.54) is 6.08 Å². The quantitative estimate of drug-likeness (QED) is 0.606. The third kappa shape index (κ3) is 2.28. The molecular weight excluding hydrogens is 204 g/mol. The van der Waals surface area contributed by atoms with E-state index in [-0.39, 0.29) is 5.97 Å². The number of nitrogens with one attached hydrogen (secondary N) is 1. The summed E-state index contributed by atoms with van der Waals surface area (Å²) in [4.78, 5) is 15.4. The van der Waals surface area contributed by atoms with Gasteiger partial charge in [-0.05, 0) is 31.2 Å². The minimum Gasteiger partial charge on any atom is -0.463 e. The largest absolute Gasteiger partial charge is 0.463 e. The first-order valence-corrected chi connectivity index (χ1v) is 5.08. The molecule has 1 N–H and O–H groups in total. The molecule has 1 aliphatic heterocycles. The van der Waals surface area contributed by atoms with E-state index in [0.717, 1.165) is 11.4 Å². The molecule has 1 aliphatic rings. The predicted molar refractivity (Wildman–Crippen MR) is 61.6 cm³/mol. The Balaban J connectivity index is 2.17. The second-order valence-corrected chi connectivity index (χ2v) is 3.25. The van der Waals surface area contributed by atoms with Crippen molar-refractivity contribution in [3.8, 4) is 0 Å². The Hall–Kier alpha value is -2.10. The summed E-state index contributed by atoms with van der Waals surface area (Å²) in [6, 6.07) is 3.82. The van der Waals surface area contributed by atoms with Crippen LogP contribution >= 0.6 is 0 Å². The average Bonchev–Trinajstić information content (AvgIpc) is 2.29. The Labute approximate surface area is 93.6 Å². The highest BCUT2D eigenvalue weighted by Crippen LogP contribution is 2.21. The number of carbonyl (C=O) groups excluding carboxylic acids is 1. The van der Waals surface area contributed by atoms with Crippen molar-refractivity contribution in [2.45, 2.75) is 6.92 Å². The molecule has 1 aromatic heterocycles. The van der Waals surface area contributed by atoms with Crippen molar-refractivity contribution in [3.63, 3.8) is 0 Å². The number of aromatic nitrogens is 1. The molecule has 0 amide bonds. The fourth-order valence-electron chi connectivity index (χ4n) is 1.41. The first-order chi connectivity index (χ1) is 7.79. The summed E-state index contributed by atoms with van der Waals surface area (Å²) in [7, 11) is 0. The smallest absolute Gasteiger partial charge is 0.332 e. The number of anilines is 1. The molecule has 0 radical (unpaired) electrons. The van der Waals surface area contributed by atoms with E-state index in [9.17, 15) is 4.79 Å². The summed E-state index contributed by atoms with van der Waals surface area (Å²) in [5.74, 6) is 0.398. The number of ether oxygens (including phenoxy) is 1. The van der Waals surface area contributed by atoms with Gasteiger partial charge in [-0.25, -0.2) is 9.78 Å². The zero-order valence-corrected chi connectivity index (χ0v) is 8.93. The molecule has 0 unspecified atom stereocenters. The summed E-state index contributed by atoms with van der Waals surface area (Å²) in [5.41, 5.74) is 1.69. The van der Waals surface area contributed by atoms with Crippen molar-refractivity contribution in [1.29, 1.82) is 0 Å². The maximum absolute atomic E-state index is 11.2. The van der Waals surface area contributed by atoms with Crippen molar-refractivity contribution < 1.29 is 9.53 Å². The summed E-state index contributed by atoms with van der Waals surface area (Å²) in [6.45, 7) is 2.15. The van der Waals surface area contributed by atoms with Gasteiger partial charge in [0.1, 0.15) is 5.82 Å². The molecule has 82 valence electrons. The van der Waals surface area contributed by atoms with Crippen molar-refractivity contribution in [2.24, 2.45) is 0 Å². The van der Waals surface area contributed by atoms with Crippen molar-refractivity contribution in [1.82, 2.24) is 4.98 Å². The van der Waals surface area contributed by atoms with E-state index < -0.39 is 0 Å². The lowest BCUT2D eigenvalue weighted by Gasteiger charge is -2.13. The molecule has 0 aromatic carbocycles. The number of fused-ring (bicyclic) bond motifs is 1. The van der Waals surface area contributed by atoms with Gasteiger partial charge in [0, 0.05) is 23.5 Å². The number of carbonyl (C=O) groups is 1. The molecule has 0 fully saturated rings. The first-order valence-electron chi connectivity index (χ1n) is 5.08. The van der Waals surface area contributed by atoms with E-state index in [0.29, 0.717) is 12.3 Å². The van der Waals surface area contributed by atoms with Crippen LogP contribution in [0, 0.1) is 0 Å². The summed E-state index contributed by atoms with van der Waals surface area (Å²) in [5, 5.41) is 3.05. The Kier molecular flexibility index (Phi) is 3.00. The van der Waals surface area contributed by atoms with Crippen molar-refractivity contribution in [2.75, 3.05) is 11.9 Å². The first kappa shape index (κ1) is 10.4. The second kappa shape index (κ2) is 4.61. The van der Waals surface area contributed by atoms with Gasteiger partial charge in [0.25, 0.3) is 0 Å². The normalized spacial score (nSPS) is 15.4. The average molecular weight is 216 g/mol. The molecule has 0 saturated heterocycles. The number of nitrogens with zero attached hydrogens (tertiary/aromatic N) is 1. The zero-order chi connectivity index (χ0) is 11.4. The van der Waals surface area contributed by atoms with Crippen LogP contribution in [0.5, 0.6) is 0 Å². The molecule has 0 bridgehead atoms. The van der Waals surface area contributed by atoms with Crippen LogP contribution < -0.4 is 5.32 Å². The number of rotatable bonds is 2. The van der Waals surface area contributed by atoms with E-state index in [1.807, 2.05) is 24.3 Å². The van der Waals surface area contributed by atoms with Gasteiger partial charge >= 0.3 is 5.97 Å². The lowest BCUT2D eigenvalue weighted by Crippen LogP contribution is -2.08. The number of hydrogen-bond acceptors (Lipinski definition) is 4. The van der Waals surface area contributed by atoms with Gasteiger partial charge in [-0.3, -0.25) is 0 Å². The van der Waals surface area contributed by atoms with Gasteiger partial charge in [-0.2, -0.15) is 0 Å². The second-order valence-electron chi connectivity index (χ2n) is 3.25. The van der Waals surface area contributed by atoms with E-state index >= 15 is 0 Å². The maximum atomic E-state index is 11.2. The predicted octanol–water partition coefficient (Wildman–Crippen LogP) is 1.97. The van der Waals surface area contributed by atoms with Crippen LogP contribution in [-0.4, -0.2) is 17.6 Å². The van der Waals surface area contributed by atoms with Gasteiger partial charge in [-0.15, -0.1) is 0 Å². The van der Waals surface area contributed by atoms with E-state index in [2.05, 4.69) is 10.3 Å². The number of allylic oxidation sites excluding steroid dienone is 1. The summed E-state index contributed by atoms with van der Waals surface area (Å²) < 4.78 is 4.82. The Morgan fingerprint density at radius 1 is 1.56 bits per heavy atom. The van der Waals surface area contributed by atoms with Crippen LogP contribution in [0.25, 0.3) is 6.08 Å². The molecule has 4 heteroatoms. The Morgan fingerprint density at radius 3 is 3.25 bits per heavy atom. The minimum atomic E-state index is -0.353. The van der Waals surface area contributed by atoms with Crippen molar-refractivity contribution in [3.05, 3.63) is 41.7 Å². The molecule has 4 nitrogen and oxygen atoms in total. The lowest BCUT2D eigenvalue weighted by atomic mass is 10.1. The molecule has 2 rings (SSSR count). The van der Waals surface area contributed by atoms with Crippen LogP contribution in [0.4, 0.5) is 5.82 Å². The summed E-state index contributed by atoms with van der Waals surface area (Å²) in [6.07, 6.45) is 6.84. The Bertz CT molecular complexity index is 464.